The number of hydrogen-bond acceptors (Lipinski definition) is 2. The van der Waals surface area contributed by atoms with Crippen LogP contribution in [0.4, 0.5) is 0 Å². The monoisotopic (exact) mass is 183 g/mol. The summed E-state index contributed by atoms with van der Waals surface area (Å²) in [7, 11) is 0. The van der Waals surface area contributed by atoms with Gasteiger partial charge in [0, 0.05) is 5.69 Å². The lowest BCUT2D eigenvalue weighted by molar-refractivity contribution is 0.600. The standard InChI is InChI=1S/C9H13NOS/c1-4-9-7(2)5-8(6-10-9)12(3)11/h5-6H,4H2,1-3H3. The Morgan fingerprint density at radius 1 is 1.58 bits per heavy atom. The molecule has 0 N–H and O–H groups in total. The normalized spacial score (nSPS) is 13.0. The van der Waals surface area contributed by atoms with Gasteiger partial charge in [-0.25, -0.2) is 0 Å². The van der Waals surface area contributed by atoms with Crippen molar-refractivity contribution >= 4 is 11.2 Å². The molecule has 0 aliphatic carbocycles. The molecular formula is C9H13NOS. The summed E-state index contributed by atoms with van der Waals surface area (Å²) in [5, 5.41) is 0. The fourth-order valence-electron chi connectivity index (χ4n) is 1.10. The van der Waals surface area contributed by atoms with E-state index in [-0.39, 0.29) is 0 Å². The summed E-state index contributed by atoms with van der Waals surface area (Å²) in [6, 6.07) is 1.95. The van der Waals surface area contributed by atoms with Gasteiger partial charge in [0.15, 0.2) is 4.90 Å². The van der Waals surface area contributed by atoms with Crippen LogP contribution >= 0.6 is 0 Å². The predicted octanol–water partition coefficient (Wildman–Crippen LogP) is 1.69. The minimum Gasteiger partial charge on any atom is -0.612 e. The molecule has 0 bridgehead atoms. The SMILES string of the molecule is CCc1ncc([S+](C)[O-])cc1C. The molecule has 0 amide bonds. The fraction of sp³-hybridized carbons (Fsp3) is 0.444. The highest BCUT2D eigenvalue weighted by molar-refractivity contribution is 7.90. The first-order valence-corrected chi connectivity index (χ1v) is 5.50. The van der Waals surface area contributed by atoms with Gasteiger partial charge in [-0.15, -0.1) is 0 Å². The van der Waals surface area contributed by atoms with E-state index in [1.807, 2.05) is 13.0 Å². The third-order valence-corrected chi connectivity index (χ3v) is 2.72. The molecule has 66 valence electrons. The molecule has 1 rings (SSSR count). The third-order valence-electron chi connectivity index (χ3n) is 1.83. The molecule has 0 aromatic carbocycles. The van der Waals surface area contributed by atoms with Crippen molar-refractivity contribution in [2.24, 2.45) is 0 Å². The minimum atomic E-state index is -0.912. The highest BCUT2D eigenvalue weighted by Gasteiger charge is 2.06. The van der Waals surface area contributed by atoms with Crippen LogP contribution in [-0.4, -0.2) is 15.8 Å². The average molecular weight is 183 g/mol. The van der Waals surface area contributed by atoms with Gasteiger partial charge in [0.2, 0.25) is 0 Å². The highest BCUT2D eigenvalue weighted by atomic mass is 32.2. The maximum Gasteiger partial charge on any atom is 0.170 e. The third kappa shape index (κ3) is 1.99. The maximum absolute atomic E-state index is 11.1. The molecule has 0 aliphatic rings. The molecule has 0 aliphatic heterocycles. The van der Waals surface area contributed by atoms with Crippen molar-refractivity contribution in [1.82, 2.24) is 4.98 Å². The van der Waals surface area contributed by atoms with Crippen molar-refractivity contribution in [3.8, 4) is 0 Å². The molecule has 1 aromatic heterocycles. The average Bonchev–Trinajstić information content (AvgIpc) is 2.04. The van der Waals surface area contributed by atoms with E-state index in [1.165, 1.54) is 0 Å². The molecule has 0 fully saturated rings. The lowest BCUT2D eigenvalue weighted by Gasteiger charge is -2.06. The highest BCUT2D eigenvalue weighted by Crippen LogP contribution is 2.12. The quantitative estimate of drug-likeness (QED) is 0.654. The Hall–Kier alpha value is -0.540. The second-order valence-electron chi connectivity index (χ2n) is 2.74. The first kappa shape index (κ1) is 9.55. The van der Waals surface area contributed by atoms with E-state index in [9.17, 15) is 4.55 Å². The molecule has 0 spiro atoms. The lowest BCUT2D eigenvalue weighted by atomic mass is 10.2. The summed E-state index contributed by atoms with van der Waals surface area (Å²) in [4.78, 5) is 5.03. The number of aromatic nitrogens is 1. The summed E-state index contributed by atoms with van der Waals surface area (Å²) < 4.78 is 11.1. The topological polar surface area (TPSA) is 36.0 Å². The molecule has 2 nitrogen and oxygen atoms in total. The van der Waals surface area contributed by atoms with Crippen LogP contribution < -0.4 is 0 Å². The van der Waals surface area contributed by atoms with E-state index in [0.29, 0.717) is 0 Å². The Morgan fingerprint density at radius 3 is 2.67 bits per heavy atom. The minimum absolute atomic E-state index is 0.810. The predicted molar refractivity (Wildman–Crippen MR) is 50.7 cm³/mol. The van der Waals surface area contributed by atoms with Gasteiger partial charge in [-0.2, -0.15) is 0 Å². The van der Waals surface area contributed by atoms with E-state index in [0.717, 1.165) is 22.6 Å². The van der Waals surface area contributed by atoms with Gasteiger partial charge in [0.05, 0.1) is 6.20 Å². The van der Waals surface area contributed by atoms with Crippen LogP contribution in [0.5, 0.6) is 0 Å². The van der Waals surface area contributed by atoms with E-state index in [4.69, 9.17) is 0 Å². The van der Waals surface area contributed by atoms with E-state index in [1.54, 1.807) is 12.5 Å². The molecule has 1 unspecified atom stereocenters. The maximum atomic E-state index is 11.1. The Kier molecular flexibility index (Phi) is 3.12. The summed E-state index contributed by atoms with van der Waals surface area (Å²) in [5.41, 5.74) is 2.22. The molecule has 12 heavy (non-hydrogen) atoms. The Balaban J connectivity index is 3.02. The largest absolute Gasteiger partial charge is 0.612 e. The molecular weight excluding hydrogens is 170 g/mol. The molecule has 1 atom stereocenters. The lowest BCUT2D eigenvalue weighted by Crippen LogP contribution is -2.01. The molecule has 1 heterocycles. The van der Waals surface area contributed by atoms with Crippen LogP contribution in [0.3, 0.4) is 0 Å². The number of pyridine rings is 1. The van der Waals surface area contributed by atoms with Crippen LogP contribution in [0.15, 0.2) is 17.2 Å². The zero-order valence-electron chi connectivity index (χ0n) is 7.63. The van der Waals surface area contributed by atoms with E-state index < -0.39 is 11.2 Å². The van der Waals surface area contributed by atoms with Crippen LogP contribution in [0.1, 0.15) is 18.2 Å². The summed E-state index contributed by atoms with van der Waals surface area (Å²) in [6.45, 7) is 4.07. The van der Waals surface area contributed by atoms with Crippen molar-refractivity contribution in [1.29, 1.82) is 0 Å². The van der Waals surface area contributed by atoms with Gasteiger partial charge < -0.3 is 4.55 Å². The summed E-state index contributed by atoms with van der Waals surface area (Å²) in [6.07, 6.45) is 4.30. The Morgan fingerprint density at radius 2 is 2.25 bits per heavy atom. The number of aryl methyl sites for hydroxylation is 2. The van der Waals surface area contributed by atoms with Gasteiger partial charge in [-0.3, -0.25) is 4.98 Å². The van der Waals surface area contributed by atoms with Crippen molar-refractivity contribution in [3.63, 3.8) is 0 Å². The van der Waals surface area contributed by atoms with Crippen molar-refractivity contribution in [2.75, 3.05) is 6.26 Å². The second kappa shape index (κ2) is 3.92. The number of nitrogens with zero attached hydrogens (tertiary/aromatic N) is 1. The smallest absolute Gasteiger partial charge is 0.170 e. The van der Waals surface area contributed by atoms with Gasteiger partial charge in [-0.05, 0) is 36.2 Å². The number of hydrogen-bond donors (Lipinski definition) is 0. The van der Waals surface area contributed by atoms with Crippen LogP contribution in [0.2, 0.25) is 0 Å². The first-order valence-electron chi connectivity index (χ1n) is 3.94. The molecule has 1 aromatic rings. The Labute approximate surface area is 76.2 Å². The second-order valence-corrected chi connectivity index (χ2v) is 4.12. The van der Waals surface area contributed by atoms with Crippen molar-refractivity contribution in [2.45, 2.75) is 25.2 Å². The molecule has 0 saturated carbocycles. The summed E-state index contributed by atoms with van der Waals surface area (Å²) >= 11 is -0.912. The van der Waals surface area contributed by atoms with Crippen molar-refractivity contribution in [3.05, 3.63) is 23.5 Å². The van der Waals surface area contributed by atoms with Crippen LogP contribution in [-0.2, 0) is 17.6 Å². The van der Waals surface area contributed by atoms with Crippen molar-refractivity contribution < 1.29 is 4.55 Å². The molecule has 0 radical (unpaired) electrons. The summed E-state index contributed by atoms with van der Waals surface area (Å²) in [5.74, 6) is 0. The van der Waals surface area contributed by atoms with E-state index in [2.05, 4.69) is 11.9 Å². The van der Waals surface area contributed by atoms with Gasteiger partial charge in [-0.1, -0.05) is 6.92 Å². The van der Waals surface area contributed by atoms with Crippen LogP contribution in [0.25, 0.3) is 0 Å². The van der Waals surface area contributed by atoms with Gasteiger partial charge >= 0.3 is 0 Å². The zero-order chi connectivity index (χ0) is 9.14. The zero-order valence-corrected chi connectivity index (χ0v) is 8.44. The molecule has 0 saturated heterocycles. The first-order chi connectivity index (χ1) is 5.65. The number of rotatable bonds is 2. The van der Waals surface area contributed by atoms with Gasteiger partial charge in [0.1, 0.15) is 6.26 Å². The fourth-order valence-corrected chi connectivity index (χ4v) is 1.65. The van der Waals surface area contributed by atoms with Gasteiger partial charge in [0.25, 0.3) is 0 Å². The Bertz CT molecular complexity index is 273. The van der Waals surface area contributed by atoms with E-state index >= 15 is 0 Å². The van der Waals surface area contributed by atoms with Crippen LogP contribution in [0, 0.1) is 6.92 Å². The molecule has 3 heteroatoms.